The second-order valence-corrected chi connectivity index (χ2v) is 5.53. The van der Waals surface area contributed by atoms with E-state index in [4.69, 9.17) is 5.11 Å². The largest absolute Gasteiger partial charge is 0.480 e. The maximum Gasteiger partial charge on any atom is 0.326 e. The number of sulfonamides is 1. The van der Waals surface area contributed by atoms with Crippen LogP contribution in [0.3, 0.4) is 0 Å². The molecule has 7 heteroatoms. The minimum absolute atomic E-state index is 0.156. The van der Waals surface area contributed by atoms with Crippen LogP contribution in [0.15, 0.2) is 30.3 Å². The second-order valence-electron chi connectivity index (χ2n) is 3.66. The van der Waals surface area contributed by atoms with E-state index in [2.05, 4.69) is 0 Å². The maximum atomic E-state index is 11.9. The number of carbonyl (C=O) groups is 1. The highest BCUT2D eigenvalue weighted by Crippen LogP contribution is 2.14. The molecule has 0 heterocycles. The molecule has 2 N–H and O–H groups in total. The average molecular weight is 275 g/mol. The van der Waals surface area contributed by atoms with Crippen LogP contribution >= 0.6 is 0 Å². The van der Waals surface area contributed by atoms with Gasteiger partial charge >= 0.3 is 5.97 Å². The highest BCUT2D eigenvalue weighted by atomic mass is 32.2. The average Bonchev–Trinajstić information content (AvgIpc) is 2.34. The van der Waals surface area contributed by atoms with E-state index in [1.165, 1.54) is 12.1 Å². The molecule has 0 aliphatic rings. The molecule has 0 unspecified atom stereocenters. The Kier molecular flexibility index (Phi) is 5.24. The fourth-order valence-electron chi connectivity index (χ4n) is 1.39. The number of alkyl halides is 1. The Morgan fingerprint density at radius 2 is 1.94 bits per heavy atom. The van der Waals surface area contributed by atoms with Gasteiger partial charge in [-0.2, -0.15) is 4.72 Å². The van der Waals surface area contributed by atoms with E-state index < -0.39 is 34.5 Å². The lowest BCUT2D eigenvalue weighted by molar-refractivity contribution is -0.139. The van der Waals surface area contributed by atoms with Gasteiger partial charge in [-0.05, 0) is 12.0 Å². The molecule has 1 atom stereocenters. The summed E-state index contributed by atoms with van der Waals surface area (Å²) in [6.07, 6.45) is -0.156. The molecule has 0 aliphatic carbocycles. The van der Waals surface area contributed by atoms with E-state index in [0.717, 1.165) is 0 Å². The number of nitrogens with one attached hydrogen (secondary N) is 1. The topological polar surface area (TPSA) is 83.5 Å². The van der Waals surface area contributed by atoms with E-state index in [-0.39, 0.29) is 6.42 Å². The van der Waals surface area contributed by atoms with Gasteiger partial charge in [0.05, 0.1) is 12.4 Å². The molecular weight excluding hydrogens is 261 g/mol. The Morgan fingerprint density at radius 1 is 1.33 bits per heavy atom. The molecule has 100 valence electrons. The van der Waals surface area contributed by atoms with Crippen LogP contribution in [0.25, 0.3) is 0 Å². The molecule has 1 aromatic carbocycles. The van der Waals surface area contributed by atoms with E-state index >= 15 is 0 Å². The van der Waals surface area contributed by atoms with Crippen LogP contribution in [0.5, 0.6) is 0 Å². The van der Waals surface area contributed by atoms with Gasteiger partial charge in [0, 0.05) is 0 Å². The van der Waals surface area contributed by atoms with Crippen LogP contribution < -0.4 is 4.72 Å². The molecule has 0 aliphatic heterocycles. The number of benzene rings is 1. The Balaban J connectivity index is 2.86. The molecule has 0 saturated carbocycles. The predicted octanol–water partition coefficient (Wildman–Crippen LogP) is 1.09. The SMILES string of the molecule is O=C(O)[C@@H](NS(=O)(=O)CCCF)c1ccccc1. The number of hydrogen-bond donors (Lipinski definition) is 2. The lowest BCUT2D eigenvalue weighted by atomic mass is 10.1. The van der Waals surface area contributed by atoms with Crippen LogP contribution in [0.1, 0.15) is 18.0 Å². The zero-order valence-electron chi connectivity index (χ0n) is 9.54. The van der Waals surface area contributed by atoms with Gasteiger partial charge in [-0.1, -0.05) is 30.3 Å². The van der Waals surface area contributed by atoms with Crippen molar-refractivity contribution in [1.29, 1.82) is 0 Å². The fourth-order valence-corrected chi connectivity index (χ4v) is 2.59. The maximum absolute atomic E-state index is 11.9. The normalized spacial score (nSPS) is 13.2. The van der Waals surface area contributed by atoms with Crippen molar-refractivity contribution in [2.75, 3.05) is 12.4 Å². The molecule has 18 heavy (non-hydrogen) atoms. The minimum Gasteiger partial charge on any atom is -0.480 e. The molecule has 1 aromatic rings. The first-order valence-electron chi connectivity index (χ1n) is 5.30. The van der Waals surface area contributed by atoms with E-state index in [9.17, 15) is 17.6 Å². The van der Waals surface area contributed by atoms with Crippen LogP contribution in [0, 0.1) is 0 Å². The lowest BCUT2D eigenvalue weighted by Crippen LogP contribution is -2.35. The summed E-state index contributed by atoms with van der Waals surface area (Å²) in [6, 6.07) is 6.59. The summed E-state index contributed by atoms with van der Waals surface area (Å²) in [5.74, 6) is -1.73. The second kappa shape index (κ2) is 6.46. The smallest absolute Gasteiger partial charge is 0.326 e. The highest BCUT2D eigenvalue weighted by molar-refractivity contribution is 7.89. The Bertz CT molecular complexity index is 489. The first-order chi connectivity index (χ1) is 8.46. The predicted molar refractivity (Wildman–Crippen MR) is 64.3 cm³/mol. The molecule has 0 spiro atoms. The third-order valence-electron chi connectivity index (χ3n) is 2.22. The van der Waals surface area contributed by atoms with Crippen LogP contribution in [0.4, 0.5) is 4.39 Å². The summed E-state index contributed by atoms with van der Waals surface area (Å²) in [4.78, 5) is 11.1. The molecule has 0 saturated heterocycles. The van der Waals surface area contributed by atoms with E-state index in [0.29, 0.717) is 5.56 Å². The first-order valence-corrected chi connectivity index (χ1v) is 6.95. The molecular formula is C11H14FNO4S. The molecule has 0 bridgehead atoms. The van der Waals surface area contributed by atoms with Gasteiger partial charge in [-0.25, -0.2) is 8.42 Å². The van der Waals surface area contributed by atoms with Crippen molar-refractivity contribution in [2.24, 2.45) is 0 Å². The molecule has 1 rings (SSSR count). The number of carboxylic acid groups (broad SMARTS) is 1. The summed E-state index contributed by atoms with van der Waals surface area (Å²) in [5, 5.41) is 9.01. The quantitative estimate of drug-likeness (QED) is 0.780. The van der Waals surface area contributed by atoms with Crippen molar-refractivity contribution in [1.82, 2.24) is 4.72 Å². The third-order valence-corrected chi connectivity index (χ3v) is 3.64. The summed E-state index contributed by atoms with van der Waals surface area (Å²) in [5.41, 5.74) is 0.328. The van der Waals surface area contributed by atoms with Crippen LogP contribution in [0.2, 0.25) is 0 Å². The number of carboxylic acids is 1. The van der Waals surface area contributed by atoms with Gasteiger partial charge in [0.1, 0.15) is 6.04 Å². The van der Waals surface area contributed by atoms with Crippen molar-refractivity contribution in [3.8, 4) is 0 Å². The summed E-state index contributed by atoms with van der Waals surface area (Å²) < 4.78 is 37.1. The van der Waals surface area contributed by atoms with Crippen LogP contribution in [-0.2, 0) is 14.8 Å². The Labute approximate surface area is 105 Å². The molecule has 0 radical (unpaired) electrons. The van der Waals surface area contributed by atoms with Gasteiger partial charge in [0.25, 0.3) is 0 Å². The number of rotatable bonds is 7. The van der Waals surface area contributed by atoms with Gasteiger partial charge in [0.15, 0.2) is 0 Å². The molecule has 0 fully saturated rings. The summed E-state index contributed by atoms with van der Waals surface area (Å²) in [7, 11) is -3.81. The summed E-state index contributed by atoms with van der Waals surface area (Å²) in [6.45, 7) is -0.760. The lowest BCUT2D eigenvalue weighted by Gasteiger charge is -2.14. The Hall–Kier alpha value is -1.47. The standard InChI is InChI=1S/C11H14FNO4S/c12-7-4-8-18(16,17)13-10(11(14)15)9-5-2-1-3-6-9/h1-3,5-6,10,13H,4,7-8H2,(H,14,15)/t10-/m0/s1. The molecule has 0 aromatic heterocycles. The van der Waals surface area contributed by atoms with Crippen molar-refractivity contribution < 1.29 is 22.7 Å². The van der Waals surface area contributed by atoms with Crippen molar-refractivity contribution in [2.45, 2.75) is 12.5 Å². The van der Waals surface area contributed by atoms with Crippen molar-refractivity contribution in [3.63, 3.8) is 0 Å². The monoisotopic (exact) mass is 275 g/mol. The number of halogens is 1. The minimum atomic E-state index is -3.81. The van der Waals surface area contributed by atoms with Gasteiger partial charge < -0.3 is 5.11 Å². The third kappa shape index (κ3) is 4.42. The molecule has 0 amide bonds. The van der Waals surface area contributed by atoms with E-state index in [1.807, 2.05) is 4.72 Å². The van der Waals surface area contributed by atoms with Gasteiger partial charge in [0.2, 0.25) is 10.0 Å². The van der Waals surface area contributed by atoms with E-state index in [1.54, 1.807) is 18.2 Å². The number of hydrogen-bond acceptors (Lipinski definition) is 3. The fraction of sp³-hybridized carbons (Fsp3) is 0.364. The zero-order chi connectivity index (χ0) is 13.6. The zero-order valence-corrected chi connectivity index (χ0v) is 10.4. The van der Waals surface area contributed by atoms with Gasteiger partial charge in [-0.3, -0.25) is 9.18 Å². The van der Waals surface area contributed by atoms with Crippen LogP contribution in [-0.4, -0.2) is 31.9 Å². The highest BCUT2D eigenvalue weighted by Gasteiger charge is 2.25. The van der Waals surface area contributed by atoms with Gasteiger partial charge in [-0.15, -0.1) is 0 Å². The Morgan fingerprint density at radius 3 is 2.44 bits per heavy atom. The number of aliphatic carboxylic acids is 1. The molecule has 5 nitrogen and oxygen atoms in total. The van der Waals surface area contributed by atoms with Crippen molar-refractivity contribution >= 4 is 16.0 Å². The summed E-state index contributed by atoms with van der Waals surface area (Å²) >= 11 is 0. The first kappa shape index (κ1) is 14.6. The van der Waals surface area contributed by atoms with Crippen molar-refractivity contribution in [3.05, 3.63) is 35.9 Å².